The zero-order valence-corrected chi connectivity index (χ0v) is 16.9. The minimum Gasteiger partial charge on any atom is -0.388 e. The van der Waals surface area contributed by atoms with Crippen molar-refractivity contribution in [1.82, 2.24) is 15.6 Å². The second-order valence-corrected chi connectivity index (χ2v) is 6.80. The second kappa shape index (κ2) is 8.53. The van der Waals surface area contributed by atoms with Gasteiger partial charge in [0, 0.05) is 38.9 Å². The van der Waals surface area contributed by atoms with Gasteiger partial charge in [0.25, 0.3) is 0 Å². The Balaban J connectivity index is 0.00000208. The number of aliphatic imine (C=N–C) groups is 1. The van der Waals surface area contributed by atoms with E-state index >= 15 is 0 Å². The van der Waals surface area contributed by atoms with E-state index in [2.05, 4.69) is 25.5 Å². The molecule has 1 aliphatic carbocycles. The number of nitrogens with one attached hydrogen (secondary N) is 2. The fourth-order valence-electron chi connectivity index (χ4n) is 3.08. The largest absolute Gasteiger partial charge is 0.388 e. The Bertz CT molecular complexity index is 581. The molecular formula is C16H25ClIN5O. The summed E-state index contributed by atoms with van der Waals surface area (Å²) in [7, 11) is 1.75. The van der Waals surface area contributed by atoms with Gasteiger partial charge >= 0.3 is 0 Å². The third-order valence-electron chi connectivity index (χ3n) is 4.66. The number of nitrogens with zero attached hydrogens (tertiary/aromatic N) is 3. The number of halogens is 2. The zero-order valence-electron chi connectivity index (χ0n) is 13.8. The van der Waals surface area contributed by atoms with Crippen LogP contribution < -0.4 is 15.5 Å². The van der Waals surface area contributed by atoms with Crippen LogP contribution in [0.4, 0.5) is 5.82 Å². The summed E-state index contributed by atoms with van der Waals surface area (Å²) in [5.74, 6) is 1.58. The summed E-state index contributed by atoms with van der Waals surface area (Å²) in [4.78, 5) is 10.8. The van der Waals surface area contributed by atoms with Gasteiger partial charge in [-0.25, -0.2) is 4.98 Å². The van der Waals surface area contributed by atoms with Crippen molar-refractivity contribution in [2.75, 3.05) is 31.6 Å². The predicted molar refractivity (Wildman–Crippen MR) is 109 cm³/mol. The summed E-state index contributed by atoms with van der Waals surface area (Å²) < 4.78 is 0. The van der Waals surface area contributed by atoms with Gasteiger partial charge in [0.2, 0.25) is 0 Å². The minimum absolute atomic E-state index is 0. The second-order valence-electron chi connectivity index (χ2n) is 6.39. The Hall–Kier alpha value is -0.800. The fraction of sp³-hybridized carbons (Fsp3) is 0.625. The van der Waals surface area contributed by atoms with E-state index in [1.54, 1.807) is 13.2 Å². The predicted octanol–water partition coefficient (Wildman–Crippen LogP) is 2.01. The normalized spacial score (nSPS) is 22.5. The van der Waals surface area contributed by atoms with Gasteiger partial charge < -0.3 is 20.6 Å². The Morgan fingerprint density at radius 2 is 2.33 bits per heavy atom. The van der Waals surface area contributed by atoms with Gasteiger partial charge in [0.05, 0.1) is 10.6 Å². The van der Waals surface area contributed by atoms with E-state index in [0.29, 0.717) is 11.6 Å². The first-order chi connectivity index (χ1) is 11.1. The molecule has 2 heterocycles. The van der Waals surface area contributed by atoms with E-state index in [1.165, 1.54) is 0 Å². The maximum absolute atomic E-state index is 10.2. The van der Waals surface area contributed by atoms with E-state index in [1.807, 2.05) is 12.1 Å². The summed E-state index contributed by atoms with van der Waals surface area (Å²) in [5, 5.41) is 17.5. The molecule has 1 aromatic rings. The molecule has 1 unspecified atom stereocenters. The standard InChI is InChI=1S/C16H24ClN5O.HI/c1-18-15(20-11-16(23)6-3-7-16)21-12-5-9-22(10-12)14-13(17)4-2-8-19-14;/h2,4,8,12,23H,3,5-7,9-11H2,1H3,(H2,18,20,21);1H. The molecule has 8 heteroatoms. The lowest BCUT2D eigenvalue weighted by Gasteiger charge is -2.37. The number of hydrogen-bond donors (Lipinski definition) is 3. The molecule has 1 aliphatic heterocycles. The van der Waals surface area contributed by atoms with Gasteiger partial charge in [-0.3, -0.25) is 4.99 Å². The Kier molecular flexibility index (Phi) is 6.94. The molecule has 0 bridgehead atoms. The highest BCUT2D eigenvalue weighted by Crippen LogP contribution is 2.30. The zero-order chi connectivity index (χ0) is 16.3. The highest BCUT2D eigenvalue weighted by molar-refractivity contribution is 14.0. The van der Waals surface area contributed by atoms with Crippen LogP contribution in [0.5, 0.6) is 0 Å². The molecule has 1 saturated heterocycles. The lowest BCUT2D eigenvalue weighted by Crippen LogP contribution is -2.52. The first-order valence-electron chi connectivity index (χ1n) is 8.15. The highest BCUT2D eigenvalue weighted by atomic mass is 127. The summed E-state index contributed by atoms with van der Waals surface area (Å²) in [6.07, 6.45) is 5.60. The van der Waals surface area contributed by atoms with Crippen LogP contribution >= 0.6 is 35.6 Å². The number of pyridine rings is 1. The van der Waals surface area contributed by atoms with Crippen LogP contribution in [0.25, 0.3) is 0 Å². The molecule has 3 N–H and O–H groups in total. The highest BCUT2D eigenvalue weighted by Gasteiger charge is 2.34. The average Bonchev–Trinajstić information content (AvgIpc) is 2.98. The van der Waals surface area contributed by atoms with E-state index in [9.17, 15) is 5.11 Å². The molecule has 134 valence electrons. The van der Waals surface area contributed by atoms with Crippen LogP contribution in [-0.2, 0) is 0 Å². The lowest BCUT2D eigenvalue weighted by molar-refractivity contribution is -0.0279. The van der Waals surface area contributed by atoms with E-state index in [-0.39, 0.29) is 30.0 Å². The molecule has 1 atom stereocenters. The van der Waals surface area contributed by atoms with Crippen LogP contribution in [0, 0.1) is 0 Å². The maximum Gasteiger partial charge on any atom is 0.191 e. The Morgan fingerprint density at radius 1 is 1.54 bits per heavy atom. The quantitative estimate of drug-likeness (QED) is 0.360. The number of aliphatic hydroxyl groups is 1. The van der Waals surface area contributed by atoms with Crippen LogP contribution in [0.2, 0.25) is 5.02 Å². The summed E-state index contributed by atoms with van der Waals surface area (Å²) in [6.45, 7) is 2.30. The lowest BCUT2D eigenvalue weighted by atomic mass is 9.80. The van der Waals surface area contributed by atoms with Crippen LogP contribution in [-0.4, -0.2) is 54.4 Å². The van der Waals surface area contributed by atoms with Crippen molar-refractivity contribution in [3.8, 4) is 0 Å². The molecule has 2 fully saturated rings. The van der Waals surface area contributed by atoms with Gasteiger partial charge in [0.15, 0.2) is 5.96 Å². The average molecular weight is 466 g/mol. The molecule has 6 nitrogen and oxygen atoms in total. The SMILES string of the molecule is CN=C(NCC1(O)CCC1)NC1CCN(c2ncccc2Cl)C1.I. The van der Waals surface area contributed by atoms with E-state index in [0.717, 1.165) is 50.6 Å². The molecule has 0 amide bonds. The number of anilines is 1. The van der Waals surface area contributed by atoms with Gasteiger partial charge in [-0.05, 0) is 37.8 Å². The third-order valence-corrected chi connectivity index (χ3v) is 4.96. The molecule has 24 heavy (non-hydrogen) atoms. The fourth-order valence-corrected chi connectivity index (χ4v) is 3.32. The monoisotopic (exact) mass is 465 g/mol. The molecule has 3 rings (SSSR count). The van der Waals surface area contributed by atoms with E-state index < -0.39 is 5.60 Å². The molecule has 2 aliphatic rings. The summed E-state index contributed by atoms with van der Waals surface area (Å²) in [6, 6.07) is 3.99. The molecule has 1 aromatic heterocycles. The summed E-state index contributed by atoms with van der Waals surface area (Å²) in [5.41, 5.74) is -0.555. The number of hydrogen-bond acceptors (Lipinski definition) is 4. The number of aromatic nitrogens is 1. The van der Waals surface area contributed by atoms with Crippen molar-refractivity contribution in [1.29, 1.82) is 0 Å². The van der Waals surface area contributed by atoms with Gasteiger partial charge in [-0.2, -0.15) is 0 Å². The smallest absolute Gasteiger partial charge is 0.191 e. The first kappa shape index (κ1) is 19.5. The van der Waals surface area contributed by atoms with Gasteiger partial charge in [-0.15, -0.1) is 24.0 Å². The topological polar surface area (TPSA) is 72.8 Å². The Morgan fingerprint density at radius 3 is 2.96 bits per heavy atom. The summed E-state index contributed by atoms with van der Waals surface area (Å²) >= 11 is 6.22. The molecule has 0 radical (unpaired) electrons. The van der Waals surface area contributed by atoms with Crippen molar-refractivity contribution in [3.63, 3.8) is 0 Å². The maximum atomic E-state index is 10.2. The van der Waals surface area contributed by atoms with Crippen molar-refractivity contribution in [2.24, 2.45) is 4.99 Å². The van der Waals surface area contributed by atoms with Crippen molar-refractivity contribution >= 4 is 47.4 Å². The number of guanidine groups is 1. The third kappa shape index (κ3) is 4.64. The van der Waals surface area contributed by atoms with Crippen LogP contribution in [0.15, 0.2) is 23.3 Å². The minimum atomic E-state index is -0.555. The molecule has 1 saturated carbocycles. The first-order valence-corrected chi connectivity index (χ1v) is 8.52. The molecular weight excluding hydrogens is 441 g/mol. The number of rotatable bonds is 4. The van der Waals surface area contributed by atoms with Crippen molar-refractivity contribution < 1.29 is 5.11 Å². The van der Waals surface area contributed by atoms with Gasteiger partial charge in [0.1, 0.15) is 5.82 Å². The van der Waals surface area contributed by atoms with E-state index in [4.69, 9.17) is 11.6 Å². The van der Waals surface area contributed by atoms with Crippen molar-refractivity contribution in [2.45, 2.75) is 37.3 Å². The van der Waals surface area contributed by atoms with Gasteiger partial charge in [-0.1, -0.05) is 11.6 Å². The van der Waals surface area contributed by atoms with Crippen LogP contribution in [0.1, 0.15) is 25.7 Å². The Labute approximate surface area is 165 Å². The molecule has 0 aromatic carbocycles. The van der Waals surface area contributed by atoms with Crippen molar-refractivity contribution in [3.05, 3.63) is 23.4 Å². The van der Waals surface area contributed by atoms with Crippen LogP contribution in [0.3, 0.4) is 0 Å². The molecule has 0 spiro atoms.